The number of fused-ring (bicyclic) bond motifs is 1. The highest BCUT2D eigenvalue weighted by molar-refractivity contribution is 7.92. The van der Waals surface area contributed by atoms with Gasteiger partial charge in [-0.2, -0.15) is 0 Å². The fourth-order valence-electron chi connectivity index (χ4n) is 4.34. The number of aryl methyl sites for hydroxylation is 2. The van der Waals surface area contributed by atoms with E-state index in [9.17, 15) is 13.2 Å². The second kappa shape index (κ2) is 10.7. The first-order valence-corrected chi connectivity index (χ1v) is 13.4. The van der Waals surface area contributed by atoms with Crippen molar-refractivity contribution in [2.75, 3.05) is 18.0 Å². The molecular formula is C27H29ClN2O4S. The normalized spacial score (nSPS) is 14.0. The number of nitrogens with one attached hydrogen (secondary N) is 1. The van der Waals surface area contributed by atoms with Gasteiger partial charge in [-0.15, -0.1) is 0 Å². The van der Waals surface area contributed by atoms with Gasteiger partial charge >= 0.3 is 0 Å². The minimum absolute atomic E-state index is 0.0498. The van der Waals surface area contributed by atoms with Gasteiger partial charge in [-0.3, -0.25) is 9.10 Å². The van der Waals surface area contributed by atoms with Crippen molar-refractivity contribution >= 4 is 33.2 Å². The second-order valence-corrected chi connectivity index (χ2v) is 11.0. The van der Waals surface area contributed by atoms with E-state index >= 15 is 0 Å². The van der Waals surface area contributed by atoms with Crippen LogP contribution in [-0.4, -0.2) is 28.0 Å². The molecule has 0 spiro atoms. The molecule has 3 aromatic rings. The highest BCUT2D eigenvalue weighted by Gasteiger charge is 2.28. The first-order chi connectivity index (χ1) is 16.8. The number of carbonyl (C=O) groups is 1. The number of sulfonamides is 1. The molecule has 0 saturated heterocycles. The van der Waals surface area contributed by atoms with Crippen molar-refractivity contribution in [1.29, 1.82) is 0 Å². The molecule has 0 saturated carbocycles. The van der Waals surface area contributed by atoms with Crippen LogP contribution >= 0.6 is 11.6 Å². The smallest absolute Gasteiger partial charge is 0.264 e. The Morgan fingerprint density at radius 2 is 1.74 bits per heavy atom. The van der Waals surface area contributed by atoms with Crippen molar-refractivity contribution in [2.24, 2.45) is 0 Å². The third kappa shape index (κ3) is 5.80. The zero-order chi connectivity index (χ0) is 25.0. The Morgan fingerprint density at radius 1 is 1.03 bits per heavy atom. The molecule has 1 atom stereocenters. The van der Waals surface area contributed by atoms with Gasteiger partial charge in [-0.1, -0.05) is 35.9 Å². The van der Waals surface area contributed by atoms with Crippen LogP contribution in [0.1, 0.15) is 42.5 Å². The minimum Gasteiger partial charge on any atom is -0.497 e. The molecule has 3 aromatic carbocycles. The van der Waals surface area contributed by atoms with Gasteiger partial charge in [0.25, 0.3) is 10.0 Å². The zero-order valence-corrected chi connectivity index (χ0v) is 21.4. The van der Waals surface area contributed by atoms with Gasteiger partial charge in [-0.05, 0) is 91.8 Å². The summed E-state index contributed by atoms with van der Waals surface area (Å²) in [4.78, 5) is 13.1. The third-order valence-electron chi connectivity index (χ3n) is 6.28. The molecule has 184 valence electrons. The summed E-state index contributed by atoms with van der Waals surface area (Å²) in [6, 6.07) is 18.6. The fraction of sp³-hybridized carbons (Fsp3) is 0.296. The summed E-state index contributed by atoms with van der Waals surface area (Å²) < 4.78 is 33.3. The lowest BCUT2D eigenvalue weighted by atomic mass is 9.89. The average Bonchev–Trinajstić information content (AvgIpc) is 2.86. The molecule has 0 aromatic heterocycles. The number of hydrogen-bond acceptors (Lipinski definition) is 4. The van der Waals surface area contributed by atoms with Crippen molar-refractivity contribution in [3.05, 3.63) is 88.4 Å². The topological polar surface area (TPSA) is 75.7 Å². The summed E-state index contributed by atoms with van der Waals surface area (Å²) in [7, 11) is -2.54. The maximum absolute atomic E-state index is 13.6. The van der Waals surface area contributed by atoms with Crippen LogP contribution in [0.25, 0.3) is 0 Å². The standard InChI is InChI=1S/C27H29ClN2O4S/c1-19(21-11-10-20-6-3-4-7-22(20)16-21)29-27(31)18-30(24-9-5-8-23(28)17-24)35(32,33)26-14-12-25(34-2)13-15-26/h5,8-17,19H,3-4,6-7,18H2,1-2H3,(H,29,31). The molecule has 35 heavy (non-hydrogen) atoms. The Balaban J connectivity index is 1.57. The molecule has 0 heterocycles. The van der Waals surface area contributed by atoms with Gasteiger partial charge in [0.1, 0.15) is 12.3 Å². The number of methoxy groups -OCH3 is 1. The Bertz CT molecular complexity index is 1310. The number of halogens is 1. The molecule has 0 fully saturated rings. The molecule has 0 radical (unpaired) electrons. The van der Waals surface area contributed by atoms with E-state index in [1.54, 1.807) is 30.3 Å². The molecule has 4 rings (SSSR count). The zero-order valence-electron chi connectivity index (χ0n) is 19.8. The number of carbonyl (C=O) groups excluding carboxylic acids is 1. The van der Waals surface area contributed by atoms with E-state index < -0.39 is 15.9 Å². The Morgan fingerprint density at radius 3 is 2.43 bits per heavy atom. The van der Waals surface area contributed by atoms with Gasteiger partial charge in [0.05, 0.1) is 23.7 Å². The number of benzene rings is 3. The first-order valence-electron chi connectivity index (χ1n) is 11.6. The van der Waals surface area contributed by atoms with Crippen LogP contribution in [0.3, 0.4) is 0 Å². The quantitative estimate of drug-likeness (QED) is 0.444. The van der Waals surface area contributed by atoms with Gasteiger partial charge in [-0.25, -0.2) is 8.42 Å². The maximum atomic E-state index is 13.6. The maximum Gasteiger partial charge on any atom is 0.264 e. The van der Waals surface area contributed by atoms with E-state index in [1.165, 1.54) is 49.3 Å². The number of nitrogens with zero attached hydrogens (tertiary/aromatic N) is 1. The predicted octanol–water partition coefficient (Wildman–Crippen LogP) is 5.30. The molecule has 1 aliphatic rings. The average molecular weight is 513 g/mol. The Hall–Kier alpha value is -3.03. The predicted molar refractivity (Wildman–Crippen MR) is 139 cm³/mol. The van der Waals surface area contributed by atoms with Crippen molar-refractivity contribution in [3.63, 3.8) is 0 Å². The van der Waals surface area contributed by atoms with Crippen LogP contribution in [0.15, 0.2) is 71.6 Å². The van der Waals surface area contributed by atoms with E-state index in [0.29, 0.717) is 16.5 Å². The molecule has 1 aliphatic carbocycles. The summed E-state index contributed by atoms with van der Waals surface area (Å²) in [5.41, 5.74) is 4.02. The summed E-state index contributed by atoms with van der Waals surface area (Å²) in [6.07, 6.45) is 4.52. The molecular weight excluding hydrogens is 484 g/mol. The van der Waals surface area contributed by atoms with E-state index in [1.807, 2.05) is 13.0 Å². The van der Waals surface area contributed by atoms with E-state index in [4.69, 9.17) is 16.3 Å². The second-order valence-electron chi connectivity index (χ2n) is 8.69. The molecule has 0 aliphatic heterocycles. The largest absolute Gasteiger partial charge is 0.497 e. The number of rotatable bonds is 8. The van der Waals surface area contributed by atoms with E-state index in [0.717, 1.165) is 22.7 Å². The van der Waals surface area contributed by atoms with Gasteiger partial charge in [0.2, 0.25) is 5.91 Å². The van der Waals surface area contributed by atoms with Crippen LogP contribution in [-0.2, 0) is 27.7 Å². The van der Waals surface area contributed by atoms with Crippen molar-refractivity contribution < 1.29 is 17.9 Å². The van der Waals surface area contributed by atoms with Crippen molar-refractivity contribution in [3.8, 4) is 5.75 Å². The van der Waals surface area contributed by atoms with Gasteiger partial charge in [0, 0.05) is 5.02 Å². The van der Waals surface area contributed by atoms with E-state index in [-0.39, 0.29) is 17.5 Å². The lowest BCUT2D eigenvalue weighted by Gasteiger charge is -2.26. The highest BCUT2D eigenvalue weighted by Crippen LogP contribution is 2.28. The summed E-state index contributed by atoms with van der Waals surface area (Å²) in [6.45, 7) is 1.52. The number of ether oxygens (including phenoxy) is 1. The SMILES string of the molecule is COc1ccc(S(=O)(=O)N(CC(=O)NC(C)c2ccc3c(c2)CCCC3)c2cccc(Cl)c2)cc1. The molecule has 1 unspecified atom stereocenters. The number of hydrogen-bond donors (Lipinski definition) is 1. The van der Waals surface area contributed by atoms with Crippen LogP contribution in [0.2, 0.25) is 5.02 Å². The van der Waals surface area contributed by atoms with Crippen LogP contribution in [0.5, 0.6) is 5.75 Å². The Labute approximate surface area is 211 Å². The fourth-order valence-corrected chi connectivity index (χ4v) is 5.94. The summed E-state index contributed by atoms with van der Waals surface area (Å²) in [5, 5.41) is 3.34. The number of anilines is 1. The lowest BCUT2D eigenvalue weighted by Crippen LogP contribution is -2.41. The van der Waals surface area contributed by atoms with Crippen molar-refractivity contribution in [1.82, 2.24) is 5.32 Å². The summed E-state index contributed by atoms with van der Waals surface area (Å²) >= 11 is 6.14. The molecule has 1 N–H and O–H groups in total. The van der Waals surface area contributed by atoms with Gasteiger partial charge in [0.15, 0.2) is 0 Å². The number of amides is 1. The van der Waals surface area contributed by atoms with Crippen LogP contribution < -0.4 is 14.4 Å². The van der Waals surface area contributed by atoms with Gasteiger partial charge < -0.3 is 10.1 Å². The summed E-state index contributed by atoms with van der Waals surface area (Å²) in [5.74, 6) is 0.127. The molecule has 1 amide bonds. The molecule has 6 nitrogen and oxygen atoms in total. The molecule has 0 bridgehead atoms. The van der Waals surface area contributed by atoms with Crippen LogP contribution in [0.4, 0.5) is 5.69 Å². The third-order valence-corrected chi connectivity index (χ3v) is 8.30. The van der Waals surface area contributed by atoms with E-state index in [2.05, 4.69) is 17.4 Å². The van der Waals surface area contributed by atoms with Crippen LogP contribution in [0, 0.1) is 0 Å². The monoisotopic (exact) mass is 512 g/mol. The Kier molecular flexibility index (Phi) is 7.67. The molecule has 8 heteroatoms. The van der Waals surface area contributed by atoms with Crippen molar-refractivity contribution in [2.45, 2.75) is 43.5 Å². The minimum atomic E-state index is -4.05. The highest BCUT2D eigenvalue weighted by atomic mass is 35.5. The lowest BCUT2D eigenvalue weighted by molar-refractivity contribution is -0.120. The first kappa shape index (κ1) is 25.1.